The molecule has 3 rings (SSSR count). The van der Waals surface area contributed by atoms with Crippen molar-refractivity contribution in [2.75, 3.05) is 13.1 Å². The summed E-state index contributed by atoms with van der Waals surface area (Å²) in [5.74, 6) is 0.269. The molecule has 0 bridgehead atoms. The fourth-order valence-electron chi connectivity index (χ4n) is 4.09. The number of likely N-dealkylation sites (tertiary alicyclic amines) is 1. The van der Waals surface area contributed by atoms with E-state index >= 15 is 0 Å². The van der Waals surface area contributed by atoms with E-state index in [4.69, 9.17) is 5.73 Å². The average Bonchev–Trinajstić information content (AvgIpc) is 3.01. The van der Waals surface area contributed by atoms with Gasteiger partial charge in [0.15, 0.2) is 0 Å². The highest BCUT2D eigenvalue weighted by molar-refractivity contribution is 5.93. The maximum absolute atomic E-state index is 11.6. The van der Waals surface area contributed by atoms with Crippen molar-refractivity contribution in [1.82, 2.24) is 15.1 Å². The molecule has 1 atom stereocenters. The first kappa shape index (κ1) is 16.5. The maximum Gasteiger partial charge on any atom is 0.252 e. The van der Waals surface area contributed by atoms with Crippen LogP contribution < -0.4 is 5.73 Å². The molecule has 1 aromatic heterocycles. The van der Waals surface area contributed by atoms with E-state index in [-0.39, 0.29) is 6.04 Å². The maximum atomic E-state index is 11.6. The Morgan fingerprint density at radius 1 is 1.43 bits per heavy atom. The highest BCUT2D eigenvalue weighted by atomic mass is 16.3. The summed E-state index contributed by atoms with van der Waals surface area (Å²) in [5.41, 5.74) is 6.16. The van der Waals surface area contributed by atoms with Crippen molar-refractivity contribution in [3.05, 3.63) is 17.5 Å². The lowest BCUT2D eigenvalue weighted by molar-refractivity contribution is -0.0504. The third-order valence-corrected chi connectivity index (χ3v) is 5.58. The molecular weight excluding hydrogens is 292 g/mol. The molecule has 0 spiro atoms. The van der Waals surface area contributed by atoms with E-state index < -0.39 is 11.5 Å². The second-order valence-corrected chi connectivity index (χ2v) is 7.45. The number of hydrogen-bond acceptors (Lipinski definition) is 4. The summed E-state index contributed by atoms with van der Waals surface area (Å²) >= 11 is 0. The summed E-state index contributed by atoms with van der Waals surface area (Å²) in [4.78, 5) is 13.9. The number of aromatic nitrogens is 2. The minimum absolute atomic E-state index is 0.0946. The molecule has 4 N–H and O–H groups in total. The molecule has 1 aromatic rings. The number of nitrogens with zero attached hydrogens (tertiary/aromatic N) is 2. The number of piperidine rings is 1. The molecule has 1 unspecified atom stereocenters. The van der Waals surface area contributed by atoms with Crippen LogP contribution in [0.2, 0.25) is 0 Å². The minimum Gasteiger partial charge on any atom is -0.389 e. The number of nitrogens with two attached hydrogens (primary N) is 1. The van der Waals surface area contributed by atoms with E-state index in [1.165, 1.54) is 6.20 Å². The van der Waals surface area contributed by atoms with E-state index in [1.807, 2.05) is 0 Å². The summed E-state index contributed by atoms with van der Waals surface area (Å²) in [5, 5.41) is 18.0. The zero-order chi connectivity index (χ0) is 16.4. The number of carbonyl (C=O) groups is 1. The van der Waals surface area contributed by atoms with Gasteiger partial charge in [0.2, 0.25) is 0 Å². The van der Waals surface area contributed by atoms with Crippen LogP contribution in [-0.2, 0) is 0 Å². The van der Waals surface area contributed by atoms with Crippen molar-refractivity contribution >= 4 is 5.91 Å². The van der Waals surface area contributed by atoms with Gasteiger partial charge in [0.25, 0.3) is 5.91 Å². The fraction of sp³-hybridized carbons (Fsp3) is 0.765. The van der Waals surface area contributed by atoms with Gasteiger partial charge in [-0.1, -0.05) is 13.3 Å². The van der Waals surface area contributed by atoms with Crippen molar-refractivity contribution in [2.24, 2.45) is 11.7 Å². The van der Waals surface area contributed by atoms with E-state index in [0.29, 0.717) is 18.0 Å². The number of hydrogen-bond donors (Lipinski definition) is 3. The van der Waals surface area contributed by atoms with Gasteiger partial charge in [-0.05, 0) is 51.0 Å². The Kier molecular flexibility index (Phi) is 4.73. The number of nitrogens with one attached hydrogen (secondary N) is 1. The van der Waals surface area contributed by atoms with Crippen molar-refractivity contribution < 1.29 is 9.90 Å². The Morgan fingerprint density at radius 2 is 2.17 bits per heavy atom. The molecule has 2 aliphatic rings. The Hall–Kier alpha value is -1.40. The Balaban J connectivity index is 1.76. The van der Waals surface area contributed by atoms with Gasteiger partial charge in [0, 0.05) is 6.54 Å². The highest BCUT2D eigenvalue weighted by Gasteiger charge is 2.37. The number of rotatable bonds is 4. The van der Waals surface area contributed by atoms with Crippen LogP contribution in [0, 0.1) is 5.92 Å². The smallest absolute Gasteiger partial charge is 0.252 e. The van der Waals surface area contributed by atoms with Crippen LogP contribution in [-0.4, -0.2) is 44.8 Å². The number of β-amino-alcohol motifs (C(OH)–C–C–N with tert-alkyl or cyclic N) is 1. The lowest BCUT2D eigenvalue weighted by atomic mass is 9.78. The number of aromatic amines is 1. The van der Waals surface area contributed by atoms with Crippen molar-refractivity contribution in [2.45, 2.75) is 63.5 Å². The second kappa shape index (κ2) is 6.61. The lowest BCUT2D eigenvalue weighted by Gasteiger charge is -2.43. The van der Waals surface area contributed by atoms with E-state index in [1.54, 1.807) is 0 Å². The summed E-state index contributed by atoms with van der Waals surface area (Å²) in [6, 6.07) is 0.0946. The van der Waals surface area contributed by atoms with Crippen molar-refractivity contribution in [3.8, 4) is 0 Å². The summed E-state index contributed by atoms with van der Waals surface area (Å²) in [6.45, 7) is 3.87. The molecule has 0 aromatic carbocycles. The third kappa shape index (κ3) is 3.58. The fourth-order valence-corrected chi connectivity index (χ4v) is 4.09. The van der Waals surface area contributed by atoms with E-state index in [2.05, 4.69) is 22.0 Å². The number of amides is 1. The van der Waals surface area contributed by atoms with Crippen LogP contribution in [0.3, 0.4) is 0 Å². The Morgan fingerprint density at radius 3 is 2.87 bits per heavy atom. The van der Waals surface area contributed by atoms with Crippen LogP contribution in [0.5, 0.6) is 0 Å². The molecule has 1 aliphatic heterocycles. The Labute approximate surface area is 137 Å². The standard InChI is InChI=1S/C17H28N4O2/c1-12-5-7-17(23,8-6-12)11-21-9-3-2-4-14(21)15-13(16(18)22)10-19-20-15/h10,12,14,23H,2-9,11H2,1H3,(H2,18,22)(H,19,20). The van der Waals surface area contributed by atoms with Crippen molar-refractivity contribution in [1.29, 1.82) is 0 Å². The first-order valence-electron chi connectivity index (χ1n) is 8.78. The first-order chi connectivity index (χ1) is 11.0. The van der Waals surface area contributed by atoms with Gasteiger partial charge in [-0.3, -0.25) is 14.8 Å². The van der Waals surface area contributed by atoms with Gasteiger partial charge in [0.1, 0.15) is 0 Å². The monoisotopic (exact) mass is 320 g/mol. The number of primary amides is 1. The zero-order valence-corrected chi connectivity index (χ0v) is 13.9. The average molecular weight is 320 g/mol. The quantitative estimate of drug-likeness (QED) is 0.790. The second-order valence-electron chi connectivity index (χ2n) is 7.45. The molecule has 1 saturated carbocycles. The number of aliphatic hydroxyl groups is 1. The minimum atomic E-state index is -0.602. The van der Waals surface area contributed by atoms with Crippen molar-refractivity contribution in [3.63, 3.8) is 0 Å². The predicted octanol–water partition coefficient (Wildman–Crippen LogP) is 1.98. The van der Waals surface area contributed by atoms with Gasteiger partial charge in [-0.15, -0.1) is 0 Å². The van der Waals surface area contributed by atoms with E-state index in [0.717, 1.165) is 57.2 Å². The van der Waals surface area contributed by atoms with E-state index in [9.17, 15) is 9.90 Å². The number of carbonyl (C=O) groups excluding carboxylic acids is 1. The molecule has 0 radical (unpaired) electrons. The SMILES string of the molecule is CC1CCC(O)(CN2CCCCC2c2[nH]ncc2C(N)=O)CC1. The molecule has 2 fully saturated rings. The predicted molar refractivity (Wildman–Crippen MR) is 87.9 cm³/mol. The largest absolute Gasteiger partial charge is 0.389 e. The Bertz CT molecular complexity index is 549. The zero-order valence-electron chi connectivity index (χ0n) is 13.9. The molecule has 2 heterocycles. The van der Waals surface area contributed by atoms with Crippen LogP contribution in [0.25, 0.3) is 0 Å². The summed E-state index contributed by atoms with van der Waals surface area (Å²) < 4.78 is 0. The third-order valence-electron chi connectivity index (χ3n) is 5.58. The van der Waals surface area contributed by atoms with Gasteiger partial charge >= 0.3 is 0 Å². The summed E-state index contributed by atoms with van der Waals surface area (Å²) in [7, 11) is 0. The molecule has 1 amide bonds. The van der Waals surface area contributed by atoms with Gasteiger partial charge in [0.05, 0.1) is 29.1 Å². The van der Waals surface area contributed by atoms with Gasteiger partial charge in [-0.25, -0.2) is 0 Å². The van der Waals surface area contributed by atoms with Crippen LogP contribution in [0.1, 0.15) is 74.0 Å². The summed E-state index contributed by atoms with van der Waals surface area (Å²) in [6.07, 6.45) is 8.64. The van der Waals surface area contributed by atoms with Gasteiger partial charge < -0.3 is 10.8 Å². The van der Waals surface area contributed by atoms with Crippen LogP contribution >= 0.6 is 0 Å². The molecule has 128 valence electrons. The highest BCUT2D eigenvalue weighted by Crippen LogP contribution is 2.37. The lowest BCUT2D eigenvalue weighted by Crippen LogP contribution is -2.48. The normalized spacial score (nSPS) is 32.8. The van der Waals surface area contributed by atoms with Crippen LogP contribution in [0.15, 0.2) is 6.20 Å². The molecule has 1 aliphatic carbocycles. The van der Waals surface area contributed by atoms with Crippen LogP contribution in [0.4, 0.5) is 0 Å². The van der Waals surface area contributed by atoms with Gasteiger partial charge in [-0.2, -0.15) is 5.10 Å². The molecular formula is C17H28N4O2. The number of H-pyrrole nitrogens is 1. The molecule has 6 nitrogen and oxygen atoms in total. The topological polar surface area (TPSA) is 95.2 Å². The molecule has 1 saturated heterocycles. The molecule has 23 heavy (non-hydrogen) atoms. The first-order valence-corrected chi connectivity index (χ1v) is 8.78. The molecule has 6 heteroatoms.